The molecule has 1 amide bonds. The number of hydrogen-bond acceptors (Lipinski definition) is 7. The number of carbonyl (C=O) groups excluding carboxylic acids is 1. The van der Waals surface area contributed by atoms with Crippen LogP contribution in [-0.2, 0) is 14.6 Å². The second-order valence-electron chi connectivity index (χ2n) is 5.73. The van der Waals surface area contributed by atoms with Crippen molar-refractivity contribution in [3.8, 4) is 11.5 Å². The van der Waals surface area contributed by atoms with E-state index in [4.69, 9.17) is 4.42 Å². The van der Waals surface area contributed by atoms with Crippen molar-refractivity contribution in [1.29, 1.82) is 0 Å². The summed E-state index contributed by atoms with van der Waals surface area (Å²) in [6, 6.07) is 5.35. The summed E-state index contributed by atoms with van der Waals surface area (Å²) in [6.45, 7) is 0. The van der Waals surface area contributed by atoms with Gasteiger partial charge in [0.2, 0.25) is 11.8 Å². The summed E-state index contributed by atoms with van der Waals surface area (Å²) in [5.41, 5.74) is 0.584. The van der Waals surface area contributed by atoms with Gasteiger partial charge in [0.1, 0.15) is 5.82 Å². The van der Waals surface area contributed by atoms with Crippen LogP contribution in [0.25, 0.3) is 11.5 Å². The third-order valence-electron chi connectivity index (χ3n) is 3.97. The average Bonchev–Trinajstić information content (AvgIpc) is 3.19. The number of nitrogens with zero attached hydrogens (tertiary/aromatic N) is 3. The Morgan fingerprint density at radius 1 is 1.36 bits per heavy atom. The highest BCUT2D eigenvalue weighted by molar-refractivity contribution is 7.99. The Labute approximate surface area is 148 Å². The van der Waals surface area contributed by atoms with Crippen molar-refractivity contribution < 1.29 is 22.0 Å². The lowest BCUT2D eigenvalue weighted by molar-refractivity contribution is -0.128. The molecule has 1 atom stereocenters. The Morgan fingerprint density at radius 3 is 2.72 bits per heavy atom. The zero-order chi connectivity index (χ0) is 18.0. The molecule has 0 saturated carbocycles. The molecule has 0 radical (unpaired) electrons. The van der Waals surface area contributed by atoms with Crippen LogP contribution in [-0.4, -0.2) is 59.8 Å². The summed E-state index contributed by atoms with van der Waals surface area (Å²) in [5.74, 6) is -0.125. The van der Waals surface area contributed by atoms with Crippen molar-refractivity contribution in [1.82, 2.24) is 15.1 Å². The van der Waals surface area contributed by atoms with Gasteiger partial charge < -0.3 is 9.32 Å². The Balaban J connectivity index is 1.57. The Hall–Kier alpha value is -1.94. The van der Waals surface area contributed by atoms with E-state index in [9.17, 15) is 17.6 Å². The molecule has 2 heterocycles. The van der Waals surface area contributed by atoms with Crippen LogP contribution in [0, 0.1) is 5.82 Å². The van der Waals surface area contributed by atoms with Gasteiger partial charge in [-0.2, -0.15) is 0 Å². The third-order valence-corrected chi connectivity index (χ3v) is 6.52. The van der Waals surface area contributed by atoms with Gasteiger partial charge in [0.05, 0.1) is 17.3 Å². The summed E-state index contributed by atoms with van der Waals surface area (Å²) in [4.78, 5) is 13.7. The average molecular weight is 385 g/mol. The van der Waals surface area contributed by atoms with Gasteiger partial charge in [-0.05, 0) is 30.7 Å². The molecule has 2 aromatic rings. The molecular weight excluding hydrogens is 369 g/mol. The third kappa shape index (κ3) is 4.37. The molecule has 0 bridgehead atoms. The minimum absolute atomic E-state index is 0.00911. The van der Waals surface area contributed by atoms with Crippen LogP contribution in [0.2, 0.25) is 0 Å². The van der Waals surface area contributed by atoms with E-state index in [-0.39, 0.29) is 46.1 Å². The molecule has 0 aliphatic carbocycles. The quantitative estimate of drug-likeness (QED) is 0.722. The van der Waals surface area contributed by atoms with E-state index in [2.05, 4.69) is 10.2 Å². The molecule has 3 rings (SSSR count). The summed E-state index contributed by atoms with van der Waals surface area (Å²) in [5, 5.41) is 7.95. The topological polar surface area (TPSA) is 93.4 Å². The number of hydrogen-bond donors (Lipinski definition) is 0. The van der Waals surface area contributed by atoms with E-state index in [0.717, 1.165) is 11.8 Å². The van der Waals surface area contributed by atoms with E-state index >= 15 is 0 Å². The molecule has 10 heteroatoms. The van der Waals surface area contributed by atoms with E-state index in [0.29, 0.717) is 12.0 Å². The smallest absolute Gasteiger partial charge is 0.277 e. The van der Waals surface area contributed by atoms with E-state index in [1.807, 2.05) is 0 Å². The van der Waals surface area contributed by atoms with Crippen molar-refractivity contribution in [2.75, 3.05) is 24.3 Å². The van der Waals surface area contributed by atoms with E-state index < -0.39 is 9.84 Å². The minimum Gasteiger partial charge on any atom is -0.411 e. The van der Waals surface area contributed by atoms with E-state index in [1.165, 1.54) is 29.2 Å². The van der Waals surface area contributed by atoms with Crippen LogP contribution in [0.5, 0.6) is 0 Å². The number of carbonyl (C=O) groups is 1. The predicted molar refractivity (Wildman–Crippen MR) is 90.2 cm³/mol. The second kappa shape index (κ2) is 7.12. The number of aromatic nitrogens is 2. The van der Waals surface area contributed by atoms with Gasteiger partial charge in [0.25, 0.3) is 5.22 Å². The molecule has 1 aliphatic rings. The number of thioether (sulfide) groups is 1. The maximum Gasteiger partial charge on any atom is 0.277 e. The van der Waals surface area contributed by atoms with Crippen LogP contribution in [0.4, 0.5) is 4.39 Å². The monoisotopic (exact) mass is 385 g/mol. The Kier molecular flexibility index (Phi) is 5.09. The maximum absolute atomic E-state index is 12.9. The highest BCUT2D eigenvalue weighted by Crippen LogP contribution is 2.24. The molecule has 1 aromatic heterocycles. The van der Waals surface area contributed by atoms with Crippen molar-refractivity contribution in [3.05, 3.63) is 30.1 Å². The van der Waals surface area contributed by atoms with Gasteiger partial charge >= 0.3 is 0 Å². The van der Waals surface area contributed by atoms with Crippen molar-refractivity contribution in [2.24, 2.45) is 0 Å². The Morgan fingerprint density at radius 2 is 2.08 bits per heavy atom. The zero-order valence-electron chi connectivity index (χ0n) is 13.4. The molecule has 1 aromatic carbocycles. The molecule has 0 N–H and O–H groups in total. The molecule has 1 fully saturated rings. The number of sulfone groups is 1. The standard InChI is InChI=1S/C15H16FN3O4S2/c1-19(12-6-7-25(21,22)9-12)13(20)8-24-15-18-17-14(23-15)10-2-4-11(16)5-3-10/h2-5,12H,6-9H2,1H3/t12-/m1/s1. The number of benzene rings is 1. The zero-order valence-corrected chi connectivity index (χ0v) is 15.0. The lowest BCUT2D eigenvalue weighted by Crippen LogP contribution is -2.38. The number of rotatable bonds is 5. The highest BCUT2D eigenvalue weighted by Gasteiger charge is 2.32. The van der Waals surface area contributed by atoms with Crippen molar-refractivity contribution in [3.63, 3.8) is 0 Å². The fourth-order valence-electron chi connectivity index (χ4n) is 2.49. The van der Waals surface area contributed by atoms with Crippen LogP contribution in [0.3, 0.4) is 0 Å². The number of halogens is 1. The van der Waals surface area contributed by atoms with Gasteiger partial charge in [-0.15, -0.1) is 10.2 Å². The highest BCUT2D eigenvalue weighted by atomic mass is 32.2. The molecule has 0 unspecified atom stereocenters. The van der Waals surface area contributed by atoms with Crippen LogP contribution in [0.15, 0.2) is 33.9 Å². The summed E-state index contributed by atoms with van der Waals surface area (Å²) < 4.78 is 41.4. The fraction of sp³-hybridized carbons (Fsp3) is 0.400. The maximum atomic E-state index is 12.9. The Bertz CT molecular complexity index is 867. The largest absolute Gasteiger partial charge is 0.411 e. The van der Waals surface area contributed by atoms with Crippen molar-refractivity contribution >= 4 is 27.5 Å². The van der Waals surface area contributed by atoms with Gasteiger partial charge in [-0.25, -0.2) is 12.8 Å². The molecule has 1 saturated heterocycles. The van der Waals surface area contributed by atoms with Gasteiger partial charge in [0.15, 0.2) is 9.84 Å². The molecule has 7 nitrogen and oxygen atoms in total. The van der Waals surface area contributed by atoms with Crippen LogP contribution >= 0.6 is 11.8 Å². The van der Waals surface area contributed by atoms with Crippen molar-refractivity contribution in [2.45, 2.75) is 17.7 Å². The molecule has 25 heavy (non-hydrogen) atoms. The molecule has 0 spiro atoms. The lowest BCUT2D eigenvalue weighted by Gasteiger charge is -2.22. The first kappa shape index (κ1) is 17.9. The van der Waals surface area contributed by atoms with E-state index in [1.54, 1.807) is 7.05 Å². The van der Waals surface area contributed by atoms with Gasteiger partial charge in [-0.1, -0.05) is 11.8 Å². The summed E-state index contributed by atoms with van der Waals surface area (Å²) in [7, 11) is -1.44. The van der Waals surface area contributed by atoms with Gasteiger partial charge in [-0.3, -0.25) is 4.79 Å². The first-order valence-corrected chi connectivity index (χ1v) is 10.3. The first-order valence-electron chi connectivity index (χ1n) is 7.52. The molecular formula is C15H16FN3O4S2. The first-order chi connectivity index (χ1) is 11.8. The minimum atomic E-state index is -3.04. The normalized spacial score (nSPS) is 19.0. The molecule has 134 valence electrons. The summed E-state index contributed by atoms with van der Waals surface area (Å²) >= 11 is 1.08. The molecule has 1 aliphatic heterocycles. The number of amides is 1. The van der Waals surface area contributed by atoms with Crippen LogP contribution in [0.1, 0.15) is 6.42 Å². The second-order valence-corrected chi connectivity index (χ2v) is 8.89. The lowest BCUT2D eigenvalue weighted by atomic mass is 10.2. The predicted octanol–water partition coefficient (Wildman–Crippen LogP) is 1.61. The van der Waals surface area contributed by atoms with Gasteiger partial charge in [0, 0.05) is 18.7 Å². The fourth-order valence-corrected chi connectivity index (χ4v) is 4.95. The SMILES string of the molecule is CN(C(=O)CSc1nnc(-c2ccc(F)cc2)o1)[C@@H]1CCS(=O)(=O)C1. The van der Waals surface area contributed by atoms with Crippen LogP contribution < -0.4 is 0 Å². The summed E-state index contributed by atoms with van der Waals surface area (Å²) in [6.07, 6.45) is 0.463.